The molecule has 1 unspecified atom stereocenters. The third-order valence-corrected chi connectivity index (χ3v) is 6.03. The van der Waals surface area contributed by atoms with E-state index in [-0.39, 0.29) is 43.1 Å². The van der Waals surface area contributed by atoms with Crippen LogP contribution in [0.1, 0.15) is 52.2 Å². The van der Waals surface area contributed by atoms with E-state index in [9.17, 15) is 9.59 Å². The highest BCUT2D eigenvalue weighted by Crippen LogP contribution is 2.29. The van der Waals surface area contributed by atoms with Crippen LogP contribution in [0.4, 0.5) is 0 Å². The van der Waals surface area contributed by atoms with Crippen molar-refractivity contribution in [2.75, 3.05) is 19.7 Å². The van der Waals surface area contributed by atoms with Gasteiger partial charge in [0.25, 0.3) is 5.91 Å². The monoisotopic (exact) mass is 465 g/mol. The Morgan fingerprint density at radius 2 is 1.97 bits per heavy atom. The van der Waals surface area contributed by atoms with Crippen LogP contribution in [0.15, 0.2) is 45.5 Å². The number of hydrogen-bond acceptors (Lipinski definition) is 6. The molecule has 1 N–H and O–H groups in total. The van der Waals surface area contributed by atoms with Crippen LogP contribution in [0.2, 0.25) is 0 Å². The number of amides is 2. The highest BCUT2D eigenvalue weighted by molar-refractivity contribution is 5.93. The minimum absolute atomic E-state index is 0.0760. The lowest BCUT2D eigenvalue weighted by atomic mass is 9.98. The summed E-state index contributed by atoms with van der Waals surface area (Å²) in [5, 5.41) is 6.95. The number of aromatic nitrogens is 1. The average molecular weight is 466 g/mol. The van der Waals surface area contributed by atoms with E-state index in [2.05, 4.69) is 22.6 Å². The van der Waals surface area contributed by atoms with E-state index in [0.717, 1.165) is 41.7 Å². The predicted molar refractivity (Wildman–Crippen MR) is 126 cm³/mol. The van der Waals surface area contributed by atoms with Crippen LogP contribution in [-0.2, 0) is 16.1 Å². The van der Waals surface area contributed by atoms with Gasteiger partial charge in [-0.1, -0.05) is 22.9 Å². The van der Waals surface area contributed by atoms with E-state index in [4.69, 9.17) is 13.7 Å². The van der Waals surface area contributed by atoms with Gasteiger partial charge in [-0.15, -0.1) is 0 Å². The van der Waals surface area contributed by atoms with Gasteiger partial charge in [0.05, 0.1) is 18.9 Å². The van der Waals surface area contributed by atoms with Gasteiger partial charge in [-0.25, -0.2) is 0 Å². The van der Waals surface area contributed by atoms with Crippen molar-refractivity contribution in [2.45, 2.75) is 52.7 Å². The maximum atomic E-state index is 13.3. The highest BCUT2D eigenvalue weighted by Gasteiger charge is 2.24. The largest absolute Gasteiger partial charge is 0.467 e. The molecule has 0 spiro atoms. The number of furan rings is 1. The summed E-state index contributed by atoms with van der Waals surface area (Å²) in [6.45, 7) is 7.76. The normalized spacial score (nSPS) is 15.4. The molecule has 0 aliphatic carbocycles. The molecule has 1 aromatic carbocycles. The number of carbonyl (C=O) groups is 2. The average Bonchev–Trinajstić information content (AvgIpc) is 3.57. The third kappa shape index (κ3) is 5.75. The van der Waals surface area contributed by atoms with Crippen molar-refractivity contribution in [2.24, 2.45) is 0 Å². The Balaban J connectivity index is 1.46. The lowest BCUT2D eigenvalue weighted by Gasteiger charge is -2.20. The number of rotatable bonds is 9. The van der Waals surface area contributed by atoms with Crippen molar-refractivity contribution in [1.29, 1.82) is 0 Å². The van der Waals surface area contributed by atoms with Gasteiger partial charge < -0.3 is 23.9 Å². The zero-order chi connectivity index (χ0) is 24.1. The molecule has 4 rings (SSSR count). The fourth-order valence-electron chi connectivity index (χ4n) is 4.43. The van der Waals surface area contributed by atoms with Crippen molar-refractivity contribution >= 4 is 11.8 Å². The van der Waals surface area contributed by atoms with Gasteiger partial charge in [0, 0.05) is 37.7 Å². The topological polar surface area (TPSA) is 97.8 Å². The molecule has 1 fully saturated rings. The molecule has 1 atom stereocenters. The van der Waals surface area contributed by atoms with Gasteiger partial charge in [-0.05, 0) is 56.9 Å². The van der Waals surface area contributed by atoms with E-state index < -0.39 is 0 Å². The number of benzene rings is 1. The van der Waals surface area contributed by atoms with Crippen LogP contribution in [-0.4, -0.2) is 47.7 Å². The molecule has 3 heterocycles. The number of ether oxygens (including phenoxy) is 1. The second kappa shape index (κ2) is 10.7. The molecule has 2 aromatic heterocycles. The summed E-state index contributed by atoms with van der Waals surface area (Å²) < 4.78 is 16.5. The summed E-state index contributed by atoms with van der Waals surface area (Å²) in [4.78, 5) is 27.3. The molecule has 8 nitrogen and oxygen atoms in total. The summed E-state index contributed by atoms with van der Waals surface area (Å²) in [7, 11) is 0. The molecule has 1 saturated heterocycles. The van der Waals surface area contributed by atoms with Crippen LogP contribution in [0.3, 0.4) is 0 Å². The third-order valence-electron chi connectivity index (χ3n) is 6.03. The maximum absolute atomic E-state index is 13.3. The molecule has 2 amide bonds. The van der Waals surface area contributed by atoms with E-state index >= 15 is 0 Å². The molecular weight excluding hydrogens is 434 g/mol. The summed E-state index contributed by atoms with van der Waals surface area (Å²) in [6.07, 6.45) is 3.78. The standard InChI is InChI=1S/C26H31N3O5/c1-17-12-18(2)25(19(3)13-17)23-14-22(28-34-23)26(31)29(16-21-7-5-11-33-21)9-8-24(30)27-15-20-6-4-10-32-20/h5,7,11-14,20H,4,6,8-10,15-16H2,1-3H3,(H,27,30). The van der Waals surface area contributed by atoms with E-state index in [1.807, 2.05) is 20.8 Å². The van der Waals surface area contributed by atoms with Crippen molar-refractivity contribution in [1.82, 2.24) is 15.4 Å². The van der Waals surface area contributed by atoms with Gasteiger partial charge in [0.15, 0.2) is 11.5 Å². The molecule has 1 aliphatic rings. The minimum Gasteiger partial charge on any atom is -0.467 e. The fourth-order valence-corrected chi connectivity index (χ4v) is 4.43. The molecular formula is C26H31N3O5. The Morgan fingerprint density at radius 3 is 2.65 bits per heavy atom. The zero-order valence-corrected chi connectivity index (χ0v) is 19.9. The van der Waals surface area contributed by atoms with Gasteiger partial charge >= 0.3 is 0 Å². The van der Waals surface area contributed by atoms with Crippen molar-refractivity contribution < 1.29 is 23.3 Å². The molecule has 180 valence electrons. The number of aryl methyl sites for hydroxylation is 3. The molecule has 0 bridgehead atoms. The number of carbonyl (C=O) groups excluding carboxylic acids is 2. The molecule has 3 aromatic rings. The van der Waals surface area contributed by atoms with Gasteiger partial charge in [0.2, 0.25) is 5.91 Å². The quantitative estimate of drug-likeness (QED) is 0.509. The Kier molecular flexibility index (Phi) is 7.47. The summed E-state index contributed by atoms with van der Waals surface area (Å²) >= 11 is 0. The molecule has 0 radical (unpaired) electrons. The lowest BCUT2D eigenvalue weighted by molar-refractivity contribution is -0.121. The SMILES string of the molecule is Cc1cc(C)c(-c2cc(C(=O)N(CCC(=O)NCC3CCCO3)Cc3ccco3)no2)c(C)c1. The predicted octanol–water partition coefficient (Wildman–Crippen LogP) is 4.19. The number of nitrogens with one attached hydrogen (secondary N) is 1. The van der Waals surface area contributed by atoms with Gasteiger partial charge in [0.1, 0.15) is 5.76 Å². The van der Waals surface area contributed by atoms with E-state index in [1.54, 1.807) is 29.4 Å². The van der Waals surface area contributed by atoms with Crippen LogP contribution in [0.5, 0.6) is 0 Å². The van der Waals surface area contributed by atoms with Crippen molar-refractivity contribution in [3.8, 4) is 11.3 Å². The van der Waals surface area contributed by atoms with E-state index in [1.165, 1.54) is 0 Å². The summed E-state index contributed by atoms with van der Waals surface area (Å²) in [5.74, 6) is 0.730. The van der Waals surface area contributed by atoms with Crippen molar-refractivity contribution in [3.63, 3.8) is 0 Å². The smallest absolute Gasteiger partial charge is 0.276 e. The number of nitrogens with zero attached hydrogens (tertiary/aromatic N) is 2. The molecule has 34 heavy (non-hydrogen) atoms. The fraction of sp³-hybridized carbons (Fsp3) is 0.423. The van der Waals surface area contributed by atoms with Crippen LogP contribution >= 0.6 is 0 Å². The Labute approximate surface area is 199 Å². The second-order valence-electron chi connectivity index (χ2n) is 8.85. The molecule has 8 heteroatoms. The first-order valence-electron chi connectivity index (χ1n) is 11.7. The molecule has 0 saturated carbocycles. The first-order chi connectivity index (χ1) is 16.4. The second-order valence-corrected chi connectivity index (χ2v) is 8.85. The first-order valence-corrected chi connectivity index (χ1v) is 11.7. The van der Waals surface area contributed by atoms with Gasteiger partial charge in [-0.2, -0.15) is 0 Å². The zero-order valence-electron chi connectivity index (χ0n) is 19.9. The lowest BCUT2D eigenvalue weighted by Crippen LogP contribution is -2.37. The van der Waals surface area contributed by atoms with Crippen LogP contribution in [0, 0.1) is 20.8 Å². The Bertz CT molecular complexity index is 1110. The minimum atomic E-state index is -0.319. The Morgan fingerprint density at radius 1 is 1.18 bits per heavy atom. The summed E-state index contributed by atoms with van der Waals surface area (Å²) in [6, 6.07) is 9.38. The number of hydrogen-bond donors (Lipinski definition) is 1. The maximum Gasteiger partial charge on any atom is 0.276 e. The van der Waals surface area contributed by atoms with Gasteiger partial charge in [-0.3, -0.25) is 9.59 Å². The van der Waals surface area contributed by atoms with E-state index in [0.29, 0.717) is 18.1 Å². The van der Waals surface area contributed by atoms with Crippen molar-refractivity contribution in [3.05, 3.63) is 64.7 Å². The Hall–Kier alpha value is -3.39. The van der Waals surface area contributed by atoms with Crippen LogP contribution < -0.4 is 5.32 Å². The highest BCUT2D eigenvalue weighted by atomic mass is 16.5. The van der Waals surface area contributed by atoms with Crippen LogP contribution in [0.25, 0.3) is 11.3 Å². The summed E-state index contributed by atoms with van der Waals surface area (Å²) in [5.41, 5.74) is 4.41. The first kappa shape index (κ1) is 23.8. The molecule has 1 aliphatic heterocycles.